The number of unbranched alkanes of at least 4 members (excludes halogenated alkanes) is 12. The fraction of sp³-hybridized carbons (Fsp3) is 0.596. The van der Waals surface area contributed by atoms with E-state index in [2.05, 4.69) is 37.9 Å². The van der Waals surface area contributed by atoms with Gasteiger partial charge in [0.1, 0.15) is 54.6 Å². The van der Waals surface area contributed by atoms with Crippen LogP contribution in [0.25, 0.3) is 32.9 Å². The van der Waals surface area contributed by atoms with E-state index in [1.165, 1.54) is 94.7 Å². The Hall–Kier alpha value is -5.20. The smallest absolute Gasteiger partial charge is 0.462 e. The van der Waals surface area contributed by atoms with E-state index in [1.54, 1.807) is 0 Å². The lowest BCUT2D eigenvalue weighted by Crippen LogP contribution is -2.51. The number of terminal acetylenes is 1. The highest BCUT2D eigenvalue weighted by molar-refractivity contribution is 6.03. The molecule has 0 amide bonds. The van der Waals surface area contributed by atoms with Crippen LogP contribution in [0, 0.1) is 24.0 Å². The summed E-state index contributed by atoms with van der Waals surface area (Å²) in [6.45, 7) is 4.41. The third kappa shape index (κ3) is 11.7. The van der Waals surface area contributed by atoms with E-state index < -0.39 is 29.5 Å². The van der Waals surface area contributed by atoms with E-state index in [0.29, 0.717) is 49.1 Å². The molecule has 4 aliphatic rings. The molecule has 8 rings (SSSR count). The highest BCUT2D eigenvalue weighted by Gasteiger charge is 2.49. The quantitative estimate of drug-likeness (QED) is 0.0329. The van der Waals surface area contributed by atoms with Crippen LogP contribution < -0.4 is 19.7 Å². The molecule has 4 atom stereocenters. The molecule has 4 saturated heterocycles. The number of piperazine rings is 1. The molecule has 360 valence electrons. The van der Waals surface area contributed by atoms with Gasteiger partial charge in [0.05, 0.1) is 16.5 Å². The molecule has 2 bridgehead atoms. The fourth-order valence-electron chi connectivity index (χ4n) is 10.7. The van der Waals surface area contributed by atoms with Crippen molar-refractivity contribution in [3.8, 4) is 35.4 Å². The highest BCUT2D eigenvalue weighted by Crippen LogP contribution is 2.42. The first-order chi connectivity index (χ1) is 32.6. The van der Waals surface area contributed by atoms with Crippen LogP contribution in [0.1, 0.15) is 134 Å². The van der Waals surface area contributed by atoms with Gasteiger partial charge < -0.3 is 29.2 Å². The molecule has 15 heteroatoms. The fourth-order valence-corrected chi connectivity index (χ4v) is 10.7. The summed E-state index contributed by atoms with van der Waals surface area (Å²) in [4.78, 5) is 43.6. The van der Waals surface area contributed by atoms with Crippen molar-refractivity contribution < 1.29 is 41.7 Å². The molecule has 0 spiro atoms. The van der Waals surface area contributed by atoms with Gasteiger partial charge in [-0.05, 0) is 62.2 Å². The van der Waals surface area contributed by atoms with Gasteiger partial charge in [0, 0.05) is 61.7 Å². The Morgan fingerprint density at radius 2 is 1.61 bits per heavy atom. The van der Waals surface area contributed by atoms with Gasteiger partial charge in [-0.3, -0.25) is 14.7 Å². The predicted molar refractivity (Wildman–Crippen MR) is 252 cm³/mol. The zero-order valence-corrected chi connectivity index (χ0v) is 38.9. The summed E-state index contributed by atoms with van der Waals surface area (Å²) >= 11 is 0. The molecular weight excluding hydrogens is 862 g/mol. The summed E-state index contributed by atoms with van der Waals surface area (Å²) < 4.78 is 69.8. The van der Waals surface area contributed by atoms with Crippen molar-refractivity contribution >= 4 is 39.6 Å². The molecule has 0 aliphatic carbocycles. The molecule has 4 aliphatic heterocycles. The van der Waals surface area contributed by atoms with E-state index >= 15 is 8.78 Å². The molecular formula is C52H65F3N6O6. The first-order valence-corrected chi connectivity index (χ1v) is 24.8. The average Bonchev–Trinajstić information content (AvgIpc) is 3.98. The number of hydrogen-bond donors (Lipinski definition) is 1. The van der Waals surface area contributed by atoms with Crippen molar-refractivity contribution in [2.45, 2.75) is 153 Å². The van der Waals surface area contributed by atoms with Crippen molar-refractivity contribution in [3.63, 3.8) is 0 Å². The molecule has 1 N–H and O–H groups in total. The number of esters is 1. The van der Waals surface area contributed by atoms with Crippen LogP contribution >= 0.6 is 0 Å². The molecule has 2 aromatic heterocycles. The van der Waals surface area contributed by atoms with E-state index in [1.807, 2.05) is 0 Å². The molecule has 4 aromatic rings. The van der Waals surface area contributed by atoms with Gasteiger partial charge in [-0.1, -0.05) is 96.0 Å². The number of pyridine rings is 1. The minimum atomic E-state index is -1.09. The maximum absolute atomic E-state index is 17.4. The number of hydrogen-bond acceptors (Lipinski definition) is 12. The van der Waals surface area contributed by atoms with E-state index in [4.69, 9.17) is 30.4 Å². The number of aromatic nitrogens is 3. The van der Waals surface area contributed by atoms with Crippen LogP contribution in [0.3, 0.4) is 0 Å². The number of fused-ring (bicyclic) bond motifs is 5. The largest absolute Gasteiger partial charge is 0.513 e. The van der Waals surface area contributed by atoms with E-state index in [-0.39, 0.29) is 77.4 Å². The first kappa shape index (κ1) is 48.3. The van der Waals surface area contributed by atoms with Gasteiger partial charge in [0.15, 0.2) is 5.82 Å². The minimum Gasteiger partial charge on any atom is -0.462 e. The van der Waals surface area contributed by atoms with Crippen LogP contribution in [0.4, 0.5) is 23.8 Å². The number of benzene rings is 2. The van der Waals surface area contributed by atoms with Crippen LogP contribution in [-0.2, 0) is 14.3 Å². The van der Waals surface area contributed by atoms with Crippen LogP contribution in [0.15, 0.2) is 30.5 Å². The Kier molecular flexibility index (Phi) is 16.4. The Morgan fingerprint density at radius 3 is 2.33 bits per heavy atom. The summed E-state index contributed by atoms with van der Waals surface area (Å²) in [7, 11) is 0. The van der Waals surface area contributed by atoms with Gasteiger partial charge in [-0.25, -0.2) is 18.0 Å². The monoisotopic (exact) mass is 926 g/mol. The number of nitrogens with one attached hydrogen (secondary N) is 1. The van der Waals surface area contributed by atoms with Crippen molar-refractivity contribution in [2.75, 3.05) is 50.9 Å². The number of halogens is 3. The SMILES string of the molecule is C#Cc1c(F)ccc2cc(OC(=O)OCCOC(=O)CCCCCCCCCCCCCCC)cc(-c3ncc4c(N5CC6CCC(C5)N6)nc(OC[C@@]56CCCN5C[C@H](F)C6)nc4c3F)c12. The third-order valence-corrected chi connectivity index (χ3v) is 14.1. The van der Waals surface area contributed by atoms with Crippen molar-refractivity contribution in [1.29, 1.82) is 0 Å². The first-order valence-electron chi connectivity index (χ1n) is 24.8. The zero-order chi connectivity index (χ0) is 46.8. The van der Waals surface area contributed by atoms with Crippen molar-refractivity contribution in [1.82, 2.24) is 25.2 Å². The number of anilines is 1. The Morgan fingerprint density at radius 1 is 0.910 bits per heavy atom. The lowest BCUT2D eigenvalue weighted by atomic mass is 9.95. The molecule has 6 heterocycles. The minimum absolute atomic E-state index is 0.0433. The second-order valence-corrected chi connectivity index (χ2v) is 19.0. The van der Waals surface area contributed by atoms with Crippen LogP contribution in [0.5, 0.6) is 11.8 Å². The summed E-state index contributed by atoms with van der Waals surface area (Å²) in [5, 5.41) is 4.50. The number of nitrogens with zero attached hydrogens (tertiary/aromatic N) is 5. The van der Waals surface area contributed by atoms with Gasteiger partial charge in [0.25, 0.3) is 0 Å². The maximum Gasteiger partial charge on any atom is 0.513 e. The number of ether oxygens (including phenoxy) is 4. The number of carbonyl (C=O) groups excluding carboxylic acids is 2. The topological polar surface area (TPSA) is 128 Å². The number of rotatable bonds is 23. The molecule has 2 unspecified atom stereocenters. The van der Waals surface area contributed by atoms with Crippen molar-refractivity contribution in [3.05, 3.63) is 47.7 Å². The van der Waals surface area contributed by atoms with Crippen LogP contribution in [-0.4, -0.2) is 102 Å². The average molecular weight is 927 g/mol. The van der Waals surface area contributed by atoms with E-state index in [0.717, 1.165) is 51.5 Å². The normalized spacial score (nSPS) is 21.2. The highest BCUT2D eigenvalue weighted by atomic mass is 19.1. The Bertz CT molecular complexity index is 2400. The maximum atomic E-state index is 17.4. The number of alkyl halides is 1. The Balaban J connectivity index is 0.933. The lowest BCUT2D eigenvalue weighted by molar-refractivity contribution is -0.144. The van der Waals surface area contributed by atoms with E-state index in [9.17, 15) is 14.0 Å². The van der Waals surface area contributed by atoms with Crippen molar-refractivity contribution in [2.24, 2.45) is 0 Å². The van der Waals surface area contributed by atoms with Gasteiger partial charge in [0.2, 0.25) is 0 Å². The van der Waals surface area contributed by atoms with Gasteiger partial charge >= 0.3 is 18.1 Å². The molecule has 12 nitrogen and oxygen atoms in total. The second kappa shape index (κ2) is 22.7. The molecule has 0 saturated carbocycles. The zero-order valence-electron chi connectivity index (χ0n) is 38.9. The number of carbonyl (C=O) groups is 2. The summed E-state index contributed by atoms with van der Waals surface area (Å²) in [6.07, 6.45) is 25.4. The molecule has 2 aromatic carbocycles. The molecule has 67 heavy (non-hydrogen) atoms. The van der Waals surface area contributed by atoms with Crippen LogP contribution in [0.2, 0.25) is 0 Å². The lowest BCUT2D eigenvalue weighted by Gasteiger charge is -2.34. The van der Waals surface area contributed by atoms with Gasteiger partial charge in [-0.15, -0.1) is 6.42 Å². The Labute approximate surface area is 392 Å². The summed E-state index contributed by atoms with van der Waals surface area (Å²) in [5.41, 5.74) is -0.859. The second-order valence-electron chi connectivity index (χ2n) is 19.0. The summed E-state index contributed by atoms with van der Waals surface area (Å²) in [6, 6.07) is 5.89. The predicted octanol–water partition coefficient (Wildman–Crippen LogP) is 10.5. The third-order valence-electron chi connectivity index (χ3n) is 14.1. The van der Waals surface area contributed by atoms with Gasteiger partial charge in [-0.2, -0.15) is 9.97 Å². The molecule has 0 radical (unpaired) electrons. The summed E-state index contributed by atoms with van der Waals surface area (Å²) in [5.74, 6) is 0.911. The standard InChI is InChI=1S/C52H65F3N6O6/c1-3-5-6-7-8-9-10-11-12-13-14-15-16-18-44(62)64-25-26-65-51(63)67-39-27-35-19-22-43(54)40(4-2)45(35)41(28-39)47-46(55)48-42(30-56-47)49(60-32-37-20-21-38(33-60)57-37)59-50(58-48)66-34-52-23-17-24-61(52)31-36(53)29-52/h2,19,22,27-28,30,36-38,57H,3,5-18,20-21,23-26,29,31-34H2,1H3/t36-,37?,38?,52+/m1/s1. The molecule has 4 fully saturated rings.